The summed E-state index contributed by atoms with van der Waals surface area (Å²) in [6.07, 6.45) is 0.496. The molecule has 0 saturated heterocycles. The molecule has 1 heterocycles. The van der Waals surface area contributed by atoms with E-state index in [4.69, 9.17) is 17.0 Å². The summed E-state index contributed by atoms with van der Waals surface area (Å²) in [6.45, 7) is 1.53. The molecule has 0 spiro atoms. The zero-order valence-corrected chi connectivity index (χ0v) is 9.58. The van der Waals surface area contributed by atoms with Gasteiger partial charge in [0.2, 0.25) is 0 Å². The molecule has 0 aromatic carbocycles. The minimum Gasteiger partial charge on any atom is -0.387 e. The first-order valence-electron chi connectivity index (χ1n) is 4.40. The van der Waals surface area contributed by atoms with Gasteiger partial charge in [0.1, 0.15) is 0 Å². The standard InChI is InChI=1S/C9H13ClN4O/c1-5(15)7-6(11)4-12-9(14(2)3)8(10)13-7/h4-5,11,15H,1-3H3. The number of hydrogen-bond donors (Lipinski definition) is 2. The van der Waals surface area contributed by atoms with E-state index in [2.05, 4.69) is 9.97 Å². The number of aromatic nitrogens is 2. The second kappa shape index (κ2) is 4.55. The normalized spacial score (nSPS) is 12.3. The van der Waals surface area contributed by atoms with E-state index in [0.717, 1.165) is 0 Å². The minimum absolute atomic E-state index is 0.0694. The van der Waals surface area contributed by atoms with Gasteiger partial charge in [0.05, 0.1) is 23.4 Å². The van der Waals surface area contributed by atoms with E-state index in [0.29, 0.717) is 5.82 Å². The van der Waals surface area contributed by atoms with Crippen LogP contribution in [0.25, 0.3) is 0 Å². The van der Waals surface area contributed by atoms with Crippen LogP contribution in [0.3, 0.4) is 0 Å². The first kappa shape index (κ1) is 11.9. The summed E-state index contributed by atoms with van der Waals surface area (Å²) in [5.41, 5.74) is 0.223. The number of aliphatic hydroxyl groups is 1. The lowest BCUT2D eigenvalue weighted by molar-refractivity contribution is 0.193. The van der Waals surface area contributed by atoms with Crippen LogP contribution in [0.5, 0.6) is 0 Å². The van der Waals surface area contributed by atoms with E-state index >= 15 is 0 Å². The molecule has 5 nitrogen and oxygen atoms in total. The highest BCUT2D eigenvalue weighted by molar-refractivity contribution is 6.31. The van der Waals surface area contributed by atoms with Crippen molar-refractivity contribution in [3.05, 3.63) is 22.4 Å². The predicted molar refractivity (Wildman–Crippen MR) is 57.9 cm³/mol. The number of hydrogen-bond acceptors (Lipinski definition) is 5. The van der Waals surface area contributed by atoms with Crippen LogP contribution < -0.4 is 10.3 Å². The lowest BCUT2D eigenvalue weighted by atomic mass is 10.3. The molecule has 2 N–H and O–H groups in total. The topological polar surface area (TPSA) is 73.1 Å². The number of anilines is 1. The fourth-order valence-electron chi connectivity index (χ4n) is 1.08. The Morgan fingerprint density at radius 2 is 2.13 bits per heavy atom. The lowest BCUT2D eigenvalue weighted by Gasteiger charge is -2.09. The maximum absolute atomic E-state index is 9.39. The Labute approximate surface area is 92.9 Å². The molecule has 0 aliphatic rings. The van der Waals surface area contributed by atoms with Crippen molar-refractivity contribution in [1.29, 1.82) is 5.41 Å². The average Bonchev–Trinajstić information content (AvgIpc) is 2.26. The SMILES string of the molecule is CC(O)c1nc(Cl)c(N(C)C)ncc1=N. The molecule has 0 bridgehead atoms. The summed E-state index contributed by atoms with van der Waals surface area (Å²) in [7, 11) is 3.56. The van der Waals surface area contributed by atoms with Gasteiger partial charge < -0.3 is 10.0 Å². The molecule has 0 aliphatic heterocycles. The Hall–Kier alpha value is -1.20. The van der Waals surface area contributed by atoms with Gasteiger partial charge in [0.25, 0.3) is 0 Å². The summed E-state index contributed by atoms with van der Waals surface area (Å²) >= 11 is 5.92. The highest BCUT2D eigenvalue weighted by atomic mass is 35.5. The summed E-state index contributed by atoms with van der Waals surface area (Å²) in [5, 5.41) is 17.2. The number of aliphatic hydroxyl groups excluding tert-OH is 1. The maximum Gasteiger partial charge on any atom is 0.172 e. The van der Waals surface area contributed by atoms with Crippen LogP contribution in [0.4, 0.5) is 5.82 Å². The molecular weight excluding hydrogens is 216 g/mol. The maximum atomic E-state index is 9.39. The molecule has 0 amide bonds. The van der Waals surface area contributed by atoms with Gasteiger partial charge in [-0.1, -0.05) is 11.6 Å². The van der Waals surface area contributed by atoms with Crippen molar-refractivity contribution in [3.8, 4) is 0 Å². The molecule has 0 saturated carbocycles. The largest absolute Gasteiger partial charge is 0.387 e. The molecule has 6 heteroatoms. The average molecular weight is 229 g/mol. The van der Waals surface area contributed by atoms with E-state index in [9.17, 15) is 5.11 Å². The quantitative estimate of drug-likeness (QED) is 0.783. The van der Waals surface area contributed by atoms with Crippen LogP contribution in [-0.2, 0) is 0 Å². The molecular formula is C9H13ClN4O. The Morgan fingerprint density at radius 1 is 1.53 bits per heavy atom. The second-order valence-corrected chi connectivity index (χ2v) is 3.71. The third-order valence-corrected chi connectivity index (χ3v) is 2.07. The van der Waals surface area contributed by atoms with Crippen molar-refractivity contribution < 1.29 is 5.11 Å². The summed E-state index contributed by atoms with van der Waals surface area (Å²) in [4.78, 5) is 9.69. The van der Waals surface area contributed by atoms with Crippen LogP contribution in [0.2, 0.25) is 5.15 Å². The van der Waals surface area contributed by atoms with Gasteiger partial charge in [-0.2, -0.15) is 0 Å². The molecule has 1 aromatic heterocycles. The molecule has 15 heavy (non-hydrogen) atoms. The summed E-state index contributed by atoms with van der Waals surface area (Å²) < 4.78 is 0. The van der Waals surface area contributed by atoms with Crippen LogP contribution in [0.15, 0.2) is 6.20 Å². The van der Waals surface area contributed by atoms with E-state index in [1.54, 1.807) is 19.0 Å². The molecule has 0 aliphatic carbocycles. The van der Waals surface area contributed by atoms with Gasteiger partial charge in [0.15, 0.2) is 11.0 Å². The van der Waals surface area contributed by atoms with Crippen molar-refractivity contribution in [3.63, 3.8) is 0 Å². The summed E-state index contributed by atoms with van der Waals surface area (Å²) in [5.74, 6) is 0.470. The van der Waals surface area contributed by atoms with Crippen LogP contribution in [0.1, 0.15) is 18.7 Å². The Morgan fingerprint density at radius 3 is 2.60 bits per heavy atom. The molecule has 0 radical (unpaired) electrons. The smallest absolute Gasteiger partial charge is 0.172 e. The van der Waals surface area contributed by atoms with Crippen LogP contribution in [0, 0.1) is 5.41 Å². The monoisotopic (exact) mass is 228 g/mol. The van der Waals surface area contributed by atoms with Gasteiger partial charge in [-0.3, -0.25) is 5.41 Å². The highest BCUT2D eigenvalue weighted by Crippen LogP contribution is 2.17. The molecule has 1 atom stereocenters. The fourth-order valence-corrected chi connectivity index (χ4v) is 1.39. The van der Waals surface area contributed by atoms with Crippen molar-refractivity contribution in [2.45, 2.75) is 13.0 Å². The van der Waals surface area contributed by atoms with E-state index in [1.807, 2.05) is 0 Å². The molecule has 1 aromatic rings. The van der Waals surface area contributed by atoms with Crippen molar-refractivity contribution in [1.82, 2.24) is 9.97 Å². The van der Waals surface area contributed by atoms with Crippen molar-refractivity contribution in [2.24, 2.45) is 0 Å². The van der Waals surface area contributed by atoms with Crippen LogP contribution in [-0.4, -0.2) is 29.2 Å². The zero-order chi connectivity index (χ0) is 11.6. The van der Waals surface area contributed by atoms with Gasteiger partial charge in [-0.05, 0) is 6.92 Å². The third-order valence-electron chi connectivity index (χ3n) is 1.81. The first-order valence-corrected chi connectivity index (χ1v) is 4.78. The Bertz CT molecular complexity index is 419. The first-order chi connectivity index (χ1) is 6.93. The Kier molecular flexibility index (Phi) is 3.60. The van der Waals surface area contributed by atoms with Gasteiger partial charge >= 0.3 is 0 Å². The lowest BCUT2D eigenvalue weighted by Crippen LogP contribution is -2.10. The van der Waals surface area contributed by atoms with E-state index < -0.39 is 6.10 Å². The number of rotatable bonds is 2. The van der Waals surface area contributed by atoms with Gasteiger partial charge in [-0.15, -0.1) is 0 Å². The third kappa shape index (κ3) is 2.64. The minimum atomic E-state index is -0.834. The van der Waals surface area contributed by atoms with Crippen molar-refractivity contribution in [2.75, 3.05) is 19.0 Å². The van der Waals surface area contributed by atoms with Crippen LogP contribution >= 0.6 is 11.6 Å². The number of nitrogens with one attached hydrogen (secondary N) is 1. The van der Waals surface area contributed by atoms with Crippen molar-refractivity contribution >= 4 is 17.4 Å². The van der Waals surface area contributed by atoms with E-state index in [-0.39, 0.29) is 16.2 Å². The fraction of sp³-hybridized carbons (Fsp3) is 0.444. The van der Waals surface area contributed by atoms with Gasteiger partial charge in [-0.25, -0.2) is 9.97 Å². The number of nitrogens with zero attached hydrogens (tertiary/aromatic N) is 3. The molecule has 1 unspecified atom stereocenters. The Balaban J connectivity index is 3.46. The predicted octanol–water partition coefficient (Wildman–Crippen LogP) is 0.729. The zero-order valence-electron chi connectivity index (χ0n) is 8.82. The number of halogens is 1. The van der Waals surface area contributed by atoms with Gasteiger partial charge in [0, 0.05) is 14.1 Å². The summed E-state index contributed by atoms with van der Waals surface area (Å²) in [6, 6.07) is 0. The molecule has 1 rings (SSSR count). The molecule has 82 valence electrons. The van der Waals surface area contributed by atoms with E-state index in [1.165, 1.54) is 13.1 Å². The molecule has 0 fully saturated rings. The highest BCUT2D eigenvalue weighted by Gasteiger charge is 2.09. The second-order valence-electron chi connectivity index (χ2n) is 3.35.